The van der Waals surface area contributed by atoms with Gasteiger partial charge in [0.05, 0.1) is 0 Å². The lowest BCUT2D eigenvalue weighted by atomic mass is 10.2. The molecule has 1 aliphatic carbocycles. The standard InChI is InChI=1S/C14H24N4O/c1-4-15-12-10(3)13(16-7-9(2)8-19)18-14(17-12)11-5-6-11/h9,11,19H,4-8H2,1-3H3,(H2,15,16,17,18). The molecule has 0 saturated heterocycles. The van der Waals surface area contributed by atoms with Crippen molar-refractivity contribution in [1.82, 2.24) is 9.97 Å². The van der Waals surface area contributed by atoms with Gasteiger partial charge in [0, 0.05) is 31.2 Å². The summed E-state index contributed by atoms with van der Waals surface area (Å²) in [5, 5.41) is 15.7. The average Bonchev–Trinajstić information content (AvgIpc) is 3.23. The van der Waals surface area contributed by atoms with Gasteiger partial charge in [-0.25, -0.2) is 9.97 Å². The number of nitrogens with zero attached hydrogens (tertiary/aromatic N) is 2. The molecule has 0 bridgehead atoms. The first-order valence-corrected chi connectivity index (χ1v) is 7.12. The van der Waals surface area contributed by atoms with Crippen molar-refractivity contribution in [2.75, 3.05) is 30.3 Å². The number of aromatic nitrogens is 2. The molecule has 5 heteroatoms. The maximum atomic E-state index is 9.09. The molecule has 0 spiro atoms. The zero-order valence-electron chi connectivity index (χ0n) is 12.0. The van der Waals surface area contributed by atoms with Gasteiger partial charge in [-0.3, -0.25) is 0 Å². The normalized spacial score (nSPS) is 16.2. The summed E-state index contributed by atoms with van der Waals surface area (Å²) >= 11 is 0. The molecule has 0 amide bonds. The minimum absolute atomic E-state index is 0.187. The molecule has 1 atom stereocenters. The molecule has 1 aromatic heterocycles. The summed E-state index contributed by atoms with van der Waals surface area (Å²) in [6.07, 6.45) is 2.39. The Kier molecular flexibility index (Phi) is 4.58. The van der Waals surface area contributed by atoms with Crippen LogP contribution in [-0.2, 0) is 0 Å². The summed E-state index contributed by atoms with van der Waals surface area (Å²) in [7, 11) is 0. The van der Waals surface area contributed by atoms with Crippen molar-refractivity contribution < 1.29 is 5.11 Å². The Hall–Kier alpha value is -1.36. The Labute approximate surface area is 114 Å². The fraction of sp³-hybridized carbons (Fsp3) is 0.714. The Balaban J connectivity index is 2.19. The van der Waals surface area contributed by atoms with E-state index in [-0.39, 0.29) is 12.5 Å². The fourth-order valence-electron chi connectivity index (χ4n) is 1.91. The van der Waals surface area contributed by atoms with Crippen LogP contribution in [0.5, 0.6) is 0 Å². The third-order valence-electron chi connectivity index (χ3n) is 3.38. The molecule has 1 fully saturated rings. The van der Waals surface area contributed by atoms with Gasteiger partial charge in [-0.15, -0.1) is 0 Å². The molecule has 3 N–H and O–H groups in total. The van der Waals surface area contributed by atoms with Crippen molar-refractivity contribution in [2.24, 2.45) is 5.92 Å². The van der Waals surface area contributed by atoms with Gasteiger partial charge >= 0.3 is 0 Å². The highest BCUT2D eigenvalue weighted by Gasteiger charge is 2.28. The van der Waals surface area contributed by atoms with E-state index in [1.54, 1.807) is 0 Å². The van der Waals surface area contributed by atoms with Gasteiger partial charge in [-0.2, -0.15) is 0 Å². The fourth-order valence-corrected chi connectivity index (χ4v) is 1.91. The third kappa shape index (κ3) is 3.56. The summed E-state index contributed by atoms with van der Waals surface area (Å²) in [6, 6.07) is 0. The van der Waals surface area contributed by atoms with Crippen LogP contribution in [0, 0.1) is 12.8 Å². The molecule has 1 saturated carbocycles. The Bertz CT molecular complexity index is 432. The largest absolute Gasteiger partial charge is 0.396 e. The van der Waals surface area contributed by atoms with Crippen molar-refractivity contribution >= 4 is 11.6 Å². The number of nitrogens with one attached hydrogen (secondary N) is 2. The second kappa shape index (κ2) is 6.19. The molecule has 5 nitrogen and oxygen atoms in total. The van der Waals surface area contributed by atoms with E-state index in [0.717, 1.165) is 36.1 Å². The van der Waals surface area contributed by atoms with Crippen molar-refractivity contribution in [3.8, 4) is 0 Å². The number of anilines is 2. The zero-order valence-corrected chi connectivity index (χ0v) is 12.0. The monoisotopic (exact) mass is 264 g/mol. The van der Waals surface area contributed by atoms with E-state index in [0.29, 0.717) is 5.92 Å². The second-order valence-electron chi connectivity index (χ2n) is 5.38. The minimum atomic E-state index is 0.187. The van der Waals surface area contributed by atoms with Gasteiger partial charge in [0.2, 0.25) is 0 Å². The second-order valence-corrected chi connectivity index (χ2v) is 5.38. The SMILES string of the molecule is CCNc1nc(C2CC2)nc(NCC(C)CO)c1C. The van der Waals surface area contributed by atoms with Crippen LogP contribution in [0.4, 0.5) is 11.6 Å². The van der Waals surface area contributed by atoms with E-state index in [9.17, 15) is 0 Å². The van der Waals surface area contributed by atoms with E-state index in [4.69, 9.17) is 5.11 Å². The maximum Gasteiger partial charge on any atom is 0.136 e. The molecule has 0 aliphatic heterocycles. The van der Waals surface area contributed by atoms with Crippen LogP contribution < -0.4 is 10.6 Å². The van der Waals surface area contributed by atoms with Gasteiger partial charge in [-0.05, 0) is 32.6 Å². The molecule has 2 rings (SSSR count). The van der Waals surface area contributed by atoms with E-state index in [1.165, 1.54) is 12.8 Å². The number of aliphatic hydroxyl groups is 1. The topological polar surface area (TPSA) is 70.1 Å². The van der Waals surface area contributed by atoms with Crippen LogP contribution in [0.3, 0.4) is 0 Å². The smallest absolute Gasteiger partial charge is 0.136 e. The lowest BCUT2D eigenvalue weighted by Gasteiger charge is -2.16. The zero-order chi connectivity index (χ0) is 13.8. The average molecular weight is 264 g/mol. The van der Waals surface area contributed by atoms with Gasteiger partial charge in [0.25, 0.3) is 0 Å². The van der Waals surface area contributed by atoms with Crippen molar-refractivity contribution in [3.63, 3.8) is 0 Å². The van der Waals surface area contributed by atoms with Gasteiger partial charge in [-0.1, -0.05) is 6.92 Å². The Morgan fingerprint density at radius 2 is 1.89 bits per heavy atom. The van der Waals surface area contributed by atoms with E-state index < -0.39 is 0 Å². The van der Waals surface area contributed by atoms with Crippen LogP contribution >= 0.6 is 0 Å². The van der Waals surface area contributed by atoms with Crippen LogP contribution in [-0.4, -0.2) is 34.8 Å². The maximum absolute atomic E-state index is 9.09. The Morgan fingerprint density at radius 3 is 2.42 bits per heavy atom. The van der Waals surface area contributed by atoms with Gasteiger partial charge in [0.15, 0.2) is 0 Å². The highest BCUT2D eigenvalue weighted by molar-refractivity contribution is 5.57. The predicted molar refractivity (Wildman–Crippen MR) is 77.6 cm³/mol. The van der Waals surface area contributed by atoms with E-state index in [1.807, 2.05) is 13.8 Å². The molecule has 106 valence electrons. The van der Waals surface area contributed by atoms with E-state index in [2.05, 4.69) is 27.5 Å². The lowest BCUT2D eigenvalue weighted by Crippen LogP contribution is -2.17. The molecule has 0 aromatic carbocycles. The van der Waals surface area contributed by atoms with Crippen LogP contribution in [0.25, 0.3) is 0 Å². The van der Waals surface area contributed by atoms with Crippen molar-refractivity contribution in [3.05, 3.63) is 11.4 Å². The van der Waals surface area contributed by atoms with Crippen LogP contribution in [0.15, 0.2) is 0 Å². The quantitative estimate of drug-likeness (QED) is 0.704. The molecule has 19 heavy (non-hydrogen) atoms. The van der Waals surface area contributed by atoms with Crippen molar-refractivity contribution in [2.45, 2.75) is 39.5 Å². The molecule has 0 radical (unpaired) electrons. The minimum Gasteiger partial charge on any atom is -0.396 e. The Morgan fingerprint density at radius 1 is 1.26 bits per heavy atom. The number of aliphatic hydroxyl groups excluding tert-OH is 1. The predicted octanol–water partition coefficient (Wildman–Crippen LogP) is 2.13. The summed E-state index contributed by atoms with van der Waals surface area (Å²) in [5.41, 5.74) is 1.05. The first kappa shape index (κ1) is 14.1. The third-order valence-corrected chi connectivity index (χ3v) is 3.38. The summed E-state index contributed by atoms with van der Waals surface area (Å²) < 4.78 is 0. The summed E-state index contributed by atoms with van der Waals surface area (Å²) in [5.74, 6) is 3.53. The molecule has 1 heterocycles. The lowest BCUT2D eigenvalue weighted by molar-refractivity contribution is 0.244. The molecule has 1 aliphatic rings. The van der Waals surface area contributed by atoms with Gasteiger partial charge in [0.1, 0.15) is 17.5 Å². The molecule has 1 aromatic rings. The number of hydrogen-bond acceptors (Lipinski definition) is 5. The van der Waals surface area contributed by atoms with Crippen LogP contribution in [0.2, 0.25) is 0 Å². The van der Waals surface area contributed by atoms with E-state index >= 15 is 0 Å². The number of rotatable bonds is 7. The van der Waals surface area contributed by atoms with Crippen LogP contribution in [0.1, 0.15) is 44.0 Å². The first-order valence-electron chi connectivity index (χ1n) is 7.12. The van der Waals surface area contributed by atoms with Gasteiger partial charge < -0.3 is 15.7 Å². The highest BCUT2D eigenvalue weighted by Crippen LogP contribution is 2.39. The first-order chi connectivity index (χ1) is 9.15. The summed E-state index contributed by atoms with van der Waals surface area (Å²) in [6.45, 7) is 7.88. The van der Waals surface area contributed by atoms with Crippen molar-refractivity contribution in [1.29, 1.82) is 0 Å². The highest BCUT2D eigenvalue weighted by atomic mass is 16.3. The molecule has 1 unspecified atom stereocenters. The summed E-state index contributed by atoms with van der Waals surface area (Å²) in [4.78, 5) is 9.26. The number of hydrogen-bond donors (Lipinski definition) is 3. The molecular weight excluding hydrogens is 240 g/mol. The molecular formula is C14H24N4O.